The molecule has 0 aromatic heterocycles. The summed E-state index contributed by atoms with van der Waals surface area (Å²) in [6.45, 7) is 2.07. The molecule has 0 saturated carbocycles. The number of halogens is 2. The third-order valence-corrected chi connectivity index (χ3v) is 4.58. The molecule has 0 aliphatic carbocycles. The molecule has 4 nitrogen and oxygen atoms in total. The van der Waals surface area contributed by atoms with Crippen LogP contribution in [0.25, 0.3) is 0 Å². The van der Waals surface area contributed by atoms with Crippen LogP contribution in [0.5, 0.6) is 0 Å². The molecule has 0 spiro atoms. The molecule has 2 amide bonds. The van der Waals surface area contributed by atoms with Gasteiger partial charge in [-0.15, -0.1) is 11.8 Å². The Kier molecular flexibility index (Phi) is 6.84. The van der Waals surface area contributed by atoms with Crippen molar-refractivity contribution in [3.05, 3.63) is 27.7 Å². The predicted molar refractivity (Wildman–Crippen MR) is 88.4 cm³/mol. The van der Waals surface area contributed by atoms with E-state index in [0.717, 1.165) is 4.90 Å². The number of nitrogens with zero attached hydrogens (tertiary/aromatic N) is 1. The van der Waals surface area contributed by atoms with Crippen molar-refractivity contribution in [3.8, 4) is 0 Å². The lowest BCUT2D eigenvalue weighted by Gasteiger charge is -2.21. The normalized spacial score (nSPS) is 11.9. The van der Waals surface area contributed by atoms with E-state index in [-0.39, 0.29) is 17.7 Å². The zero-order chi connectivity index (χ0) is 16.2. The van der Waals surface area contributed by atoms with Crippen molar-refractivity contribution in [1.29, 1.82) is 0 Å². The molecule has 0 aliphatic heterocycles. The average molecular weight is 349 g/mol. The third kappa shape index (κ3) is 4.53. The summed E-state index contributed by atoms with van der Waals surface area (Å²) in [7, 11) is 3.22. The Morgan fingerprint density at radius 3 is 2.48 bits per heavy atom. The number of nitrogens with one attached hydrogen (secondary N) is 1. The molecular weight excluding hydrogens is 331 g/mol. The van der Waals surface area contributed by atoms with E-state index >= 15 is 0 Å². The van der Waals surface area contributed by atoms with Crippen molar-refractivity contribution >= 4 is 46.8 Å². The number of hydrogen-bond donors (Lipinski definition) is 1. The second kappa shape index (κ2) is 7.92. The minimum Gasteiger partial charge on any atom is -0.359 e. The summed E-state index contributed by atoms with van der Waals surface area (Å²) >= 11 is 13.6. The molecule has 0 saturated heterocycles. The van der Waals surface area contributed by atoms with Crippen molar-refractivity contribution in [3.63, 3.8) is 0 Å². The average Bonchev–Trinajstić information content (AvgIpc) is 2.45. The van der Waals surface area contributed by atoms with Gasteiger partial charge in [0.25, 0.3) is 5.91 Å². The largest absolute Gasteiger partial charge is 0.359 e. The van der Waals surface area contributed by atoms with Crippen LogP contribution in [-0.4, -0.2) is 43.6 Å². The van der Waals surface area contributed by atoms with Crippen LogP contribution < -0.4 is 5.32 Å². The van der Waals surface area contributed by atoms with E-state index in [1.165, 1.54) is 16.7 Å². The van der Waals surface area contributed by atoms with Gasteiger partial charge < -0.3 is 10.2 Å². The number of rotatable bonds is 5. The number of amides is 2. The molecule has 21 heavy (non-hydrogen) atoms. The molecule has 0 bridgehead atoms. The first-order valence-corrected chi connectivity index (χ1v) is 8.30. The van der Waals surface area contributed by atoms with Crippen molar-refractivity contribution in [2.75, 3.05) is 26.9 Å². The molecular formula is C14H18Cl2N2O2S. The van der Waals surface area contributed by atoms with E-state index in [1.807, 2.05) is 6.26 Å². The van der Waals surface area contributed by atoms with E-state index in [9.17, 15) is 9.59 Å². The van der Waals surface area contributed by atoms with Crippen LogP contribution in [0, 0.1) is 5.92 Å². The fourth-order valence-electron chi connectivity index (χ4n) is 1.88. The van der Waals surface area contributed by atoms with Crippen LogP contribution in [0.3, 0.4) is 0 Å². The van der Waals surface area contributed by atoms with Crippen molar-refractivity contribution in [2.45, 2.75) is 11.8 Å². The lowest BCUT2D eigenvalue weighted by molar-refractivity contribution is -0.124. The van der Waals surface area contributed by atoms with Crippen LogP contribution >= 0.6 is 35.0 Å². The van der Waals surface area contributed by atoms with E-state index in [2.05, 4.69) is 5.32 Å². The number of carbonyl (C=O) groups is 2. The van der Waals surface area contributed by atoms with Crippen LogP contribution in [0.15, 0.2) is 17.0 Å². The monoisotopic (exact) mass is 348 g/mol. The number of hydrogen-bond acceptors (Lipinski definition) is 3. The van der Waals surface area contributed by atoms with E-state index < -0.39 is 0 Å². The molecule has 1 aromatic carbocycles. The van der Waals surface area contributed by atoms with Crippen LogP contribution in [0.1, 0.15) is 17.3 Å². The van der Waals surface area contributed by atoms with Gasteiger partial charge in [-0.1, -0.05) is 30.1 Å². The van der Waals surface area contributed by atoms with Crippen LogP contribution in [-0.2, 0) is 4.79 Å². The maximum Gasteiger partial charge on any atom is 0.255 e. The van der Waals surface area contributed by atoms with Crippen molar-refractivity contribution < 1.29 is 9.59 Å². The first-order valence-electron chi connectivity index (χ1n) is 6.31. The Labute approximate surface area is 139 Å². The summed E-state index contributed by atoms with van der Waals surface area (Å²) in [5.74, 6) is -0.639. The molecule has 0 fully saturated rings. The lowest BCUT2D eigenvalue weighted by atomic mass is 10.1. The van der Waals surface area contributed by atoms with Gasteiger partial charge in [-0.25, -0.2) is 0 Å². The Morgan fingerprint density at radius 1 is 1.33 bits per heavy atom. The summed E-state index contributed by atoms with van der Waals surface area (Å²) < 4.78 is 0. The van der Waals surface area contributed by atoms with Gasteiger partial charge in [-0.05, 0) is 18.4 Å². The Hall–Kier alpha value is -0.910. The van der Waals surface area contributed by atoms with Gasteiger partial charge in [-0.2, -0.15) is 0 Å². The first kappa shape index (κ1) is 18.1. The van der Waals surface area contributed by atoms with E-state index in [4.69, 9.17) is 23.2 Å². The molecule has 0 heterocycles. The molecule has 0 aliphatic rings. The van der Waals surface area contributed by atoms with E-state index in [1.54, 1.807) is 33.2 Å². The van der Waals surface area contributed by atoms with Gasteiger partial charge in [0.05, 0.1) is 21.5 Å². The highest BCUT2D eigenvalue weighted by Gasteiger charge is 2.21. The van der Waals surface area contributed by atoms with Gasteiger partial charge in [0, 0.05) is 25.5 Å². The minimum absolute atomic E-state index is 0.110. The predicted octanol–water partition coefficient (Wildman–Crippen LogP) is 3.17. The highest BCUT2D eigenvalue weighted by Crippen LogP contribution is 2.31. The van der Waals surface area contributed by atoms with Crippen LogP contribution in [0.4, 0.5) is 0 Å². The van der Waals surface area contributed by atoms with E-state index in [0.29, 0.717) is 22.2 Å². The van der Waals surface area contributed by atoms with Gasteiger partial charge >= 0.3 is 0 Å². The maximum absolute atomic E-state index is 12.4. The molecule has 0 radical (unpaired) electrons. The van der Waals surface area contributed by atoms with Gasteiger partial charge in [0.1, 0.15) is 0 Å². The molecule has 1 atom stereocenters. The second-order valence-corrected chi connectivity index (χ2v) is 6.33. The molecule has 1 rings (SSSR count). The van der Waals surface area contributed by atoms with Crippen LogP contribution in [0.2, 0.25) is 10.0 Å². The summed E-state index contributed by atoms with van der Waals surface area (Å²) in [6, 6.07) is 3.25. The fraction of sp³-hybridized carbons (Fsp3) is 0.429. The van der Waals surface area contributed by atoms with Gasteiger partial charge in [0.15, 0.2) is 0 Å². The Morgan fingerprint density at radius 2 is 1.95 bits per heavy atom. The first-order chi connectivity index (χ1) is 9.81. The molecule has 116 valence electrons. The topological polar surface area (TPSA) is 49.4 Å². The second-order valence-electron chi connectivity index (χ2n) is 4.67. The smallest absolute Gasteiger partial charge is 0.255 e. The third-order valence-electron chi connectivity index (χ3n) is 3.06. The zero-order valence-corrected chi connectivity index (χ0v) is 14.7. The summed E-state index contributed by atoms with van der Waals surface area (Å²) in [6.07, 6.45) is 1.88. The van der Waals surface area contributed by atoms with Crippen molar-refractivity contribution in [1.82, 2.24) is 10.2 Å². The standard InChI is InChI=1S/C14H18Cl2N2O2S/c1-8(13(19)17-2)7-18(3)14(20)9-5-12(21-4)11(16)6-10(9)15/h5-6,8H,7H2,1-4H3,(H,17,19). The number of benzene rings is 1. The van der Waals surface area contributed by atoms with Gasteiger partial charge in [0.2, 0.25) is 5.91 Å². The fourth-order valence-corrected chi connectivity index (χ4v) is 3.06. The summed E-state index contributed by atoms with van der Waals surface area (Å²) in [5.41, 5.74) is 0.386. The highest BCUT2D eigenvalue weighted by molar-refractivity contribution is 7.98. The quantitative estimate of drug-likeness (QED) is 0.831. The van der Waals surface area contributed by atoms with Crippen molar-refractivity contribution in [2.24, 2.45) is 5.92 Å². The highest BCUT2D eigenvalue weighted by atomic mass is 35.5. The molecule has 7 heteroatoms. The summed E-state index contributed by atoms with van der Waals surface area (Å²) in [5, 5.41) is 3.39. The minimum atomic E-state index is -0.296. The number of thioether (sulfide) groups is 1. The molecule has 1 N–H and O–H groups in total. The lowest BCUT2D eigenvalue weighted by Crippen LogP contribution is -2.37. The van der Waals surface area contributed by atoms with Gasteiger partial charge in [-0.3, -0.25) is 9.59 Å². The maximum atomic E-state index is 12.4. The molecule has 1 unspecified atom stereocenters. The number of carbonyl (C=O) groups excluding carboxylic acids is 2. The SMILES string of the molecule is CNC(=O)C(C)CN(C)C(=O)c1cc(SC)c(Cl)cc1Cl. The Balaban J connectivity index is 2.95. The Bertz CT molecular complexity index is 552. The summed E-state index contributed by atoms with van der Waals surface area (Å²) in [4.78, 5) is 26.2. The molecule has 1 aromatic rings. The zero-order valence-electron chi connectivity index (χ0n) is 12.4.